The van der Waals surface area contributed by atoms with Crippen molar-refractivity contribution in [2.24, 2.45) is 0 Å². The zero-order valence-corrected chi connectivity index (χ0v) is 17.0. The van der Waals surface area contributed by atoms with Gasteiger partial charge in [-0.3, -0.25) is 9.59 Å². The van der Waals surface area contributed by atoms with Gasteiger partial charge in [0.15, 0.2) is 6.10 Å². The minimum absolute atomic E-state index is 0.0624. The summed E-state index contributed by atoms with van der Waals surface area (Å²) >= 11 is 0. The topological polar surface area (TPSA) is 72.8 Å². The van der Waals surface area contributed by atoms with E-state index in [0.717, 1.165) is 38.5 Å². The van der Waals surface area contributed by atoms with Crippen molar-refractivity contribution < 1.29 is 24.2 Å². The maximum atomic E-state index is 11.8. The molecule has 0 amide bonds. The van der Waals surface area contributed by atoms with E-state index in [1.165, 1.54) is 38.5 Å². The summed E-state index contributed by atoms with van der Waals surface area (Å²) in [5, 5.41) is 9.28. The molecule has 0 aliphatic heterocycles. The summed E-state index contributed by atoms with van der Waals surface area (Å²) in [6.45, 7) is 3.95. The fourth-order valence-electron chi connectivity index (χ4n) is 2.73. The third-order valence-corrected chi connectivity index (χ3v) is 4.40. The molecule has 0 saturated carbocycles. The first-order valence-electron chi connectivity index (χ1n) is 10.6. The van der Waals surface area contributed by atoms with Gasteiger partial charge in [0.2, 0.25) is 0 Å². The number of carbonyl (C=O) groups is 2. The fraction of sp³-hybridized carbons (Fsp3) is 0.905. The highest BCUT2D eigenvalue weighted by molar-refractivity contribution is 5.70. The Balaban J connectivity index is 3.69. The number of carbonyl (C=O) groups excluding carboxylic acids is 2. The molecular formula is C21H40O5. The van der Waals surface area contributed by atoms with Gasteiger partial charge < -0.3 is 14.6 Å². The monoisotopic (exact) mass is 372 g/mol. The normalized spacial score (nSPS) is 12.0. The number of esters is 2. The van der Waals surface area contributed by atoms with Crippen LogP contribution in [0.15, 0.2) is 0 Å². The molecule has 0 aromatic heterocycles. The molecule has 26 heavy (non-hydrogen) atoms. The highest BCUT2D eigenvalue weighted by Crippen LogP contribution is 2.10. The average Bonchev–Trinajstić information content (AvgIpc) is 2.64. The van der Waals surface area contributed by atoms with Crippen LogP contribution in [0, 0.1) is 0 Å². The predicted octanol–water partition coefficient (Wildman–Crippen LogP) is 4.93. The Bertz CT molecular complexity index is 343. The fourth-order valence-corrected chi connectivity index (χ4v) is 2.73. The van der Waals surface area contributed by atoms with Crippen molar-refractivity contribution in [3.05, 3.63) is 0 Å². The minimum atomic E-state index is -0.754. The Morgan fingerprint density at radius 2 is 1.19 bits per heavy atom. The second-order valence-electron chi connectivity index (χ2n) is 7.01. The number of aliphatic hydroxyl groups is 1. The average molecular weight is 373 g/mol. The highest BCUT2D eigenvalue weighted by Gasteiger charge is 2.15. The Morgan fingerprint density at radius 1 is 0.731 bits per heavy atom. The third-order valence-electron chi connectivity index (χ3n) is 4.40. The van der Waals surface area contributed by atoms with Gasteiger partial charge in [-0.1, -0.05) is 78.1 Å². The van der Waals surface area contributed by atoms with Crippen LogP contribution in [0.1, 0.15) is 104 Å². The molecule has 0 unspecified atom stereocenters. The van der Waals surface area contributed by atoms with Gasteiger partial charge in [0.25, 0.3) is 0 Å². The van der Waals surface area contributed by atoms with Crippen LogP contribution >= 0.6 is 0 Å². The predicted molar refractivity (Wildman–Crippen MR) is 104 cm³/mol. The molecule has 0 aliphatic carbocycles. The van der Waals surface area contributed by atoms with Gasteiger partial charge in [0, 0.05) is 12.8 Å². The van der Waals surface area contributed by atoms with Crippen molar-refractivity contribution in [1.29, 1.82) is 0 Å². The summed E-state index contributed by atoms with van der Waals surface area (Å²) in [5.74, 6) is -0.615. The number of rotatable bonds is 18. The van der Waals surface area contributed by atoms with E-state index in [-0.39, 0.29) is 25.2 Å². The van der Waals surface area contributed by atoms with Crippen molar-refractivity contribution in [3.8, 4) is 0 Å². The standard InChI is InChI=1S/C21H40O5/c1-3-5-7-9-10-12-14-16-21(24)26-19(17-22)18-25-20(23)15-13-11-8-6-4-2/h19,22H,3-18H2,1-2H3/t19-/m0/s1. The smallest absolute Gasteiger partial charge is 0.306 e. The first kappa shape index (κ1) is 24.9. The molecule has 1 N–H and O–H groups in total. The molecule has 1 atom stereocenters. The summed E-state index contributed by atoms with van der Waals surface area (Å²) in [4.78, 5) is 23.4. The first-order valence-corrected chi connectivity index (χ1v) is 10.6. The van der Waals surface area contributed by atoms with E-state index < -0.39 is 6.10 Å². The number of aliphatic hydroxyl groups excluding tert-OH is 1. The van der Waals surface area contributed by atoms with Gasteiger partial charge in [-0.15, -0.1) is 0 Å². The second kappa shape index (κ2) is 18.7. The number of unbranched alkanes of at least 4 members (excludes halogenated alkanes) is 10. The summed E-state index contributed by atoms with van der Waals surface area (Å²) in [6.07, 6.45) is 13.3. The van der Waals surface area contributed by atoms with Gasteiger partial charge in [-0.05, 0) is 12.8 Å². The van der Waals surface area contributed by atoms with E-state index in [2.05, 4.69) is 13.8 Å². The first-order chi connectivity index (χ1) is 12.6. The molecule has 0 spiro atoms. The lowest BCUT2D eigenvalue weighted by Gasteiger charge is -2.15. The summed E-state index contributed by atoms with van der Waals surface area (Å²) in [5.41, 5.74) is 0. The van der Waals surface area contributed by atoms with E-state index in [1.807, 2.05) is 0 Å². The van der Waals surface area contributed by atoms with E-state index in [0.29, 0.717) is 12.8 Å². The molecule has 0 bridgehead atoms. The molecule has 0 radical (unpaired) electrons. The number of hydrogen-bond donors (Lipinski definition) is 1. The van der Waals surface area contributed by atoms with E-state index in [4.69, 9.17) is 9.47 Å². The van der Waals surface area contributed by atoms with Gasteiger partial charge in [0.1, 0.15) is 6.61 Å². The molecule has 5 nitrogen and oxygen atoms in total. The highest BCUT2D eigenvalue weighted by atomic mass is 16.6. The zero-order chi connectivity index (χ0) is 19.5. The summed E-state index contributed by atoms with van der Waals surface area (Å²) in [6, 6.07) is 0. The van der Waals surface area contributed by atoms with Crippen LogP contribution in [0.4, 0.5) is 0 Å². The molecule has 5 heteroatoms. The van der Waals surface area contributed by atoms with Gasteiger partial charge in [0.05, 0.1) is 6.61 Å². The lowest BCUT2D eigenvalue weighted by Crippen LogP contribution is -2.28. The van der Waals surface area contributed by atoms with Crippen LogP contribution in [0.2, 0.25) is 0 Å². The molecule has 0 fully saturated rings. The van der Waals surface area contributed by atoms with Crippen LogP contribution < -0.4 is 0 Å². The van der Waals surface area contributed by atoms with Gasteiger partial charge in [-0.2, -0.15) is 0 Å². The lowest BCUT2D eigenvalue weighted by atomic mass is 10.1. The van der Waals surface area contributed by atoms with Crippen LogP contribution in [-0.2, 0) is 19.1 Å². The summed E-state index contributed by atoms with van der Waals surface area (Å²) < 4.78 is 10.3. The number of ether oxygens (including phenoxy) is 2. The molecule has 0 aromatic rings. The maximum Gasteiger partial charge on any atom is 0.306 e. The summed E-state index contributed by atoms with van der Waals surface area (Å²) in [7, 11) is 0. The Labute approximate surface area is 159 Å². The Hall–Kier alpha value is -1.10. The molecule has 154 valence electrons. The van der Waals surface area contributed by atoms with Crippen molar-refractivity contribution in [2.75, 3.05) is 13.2 Å². The SMILES string of the molecule is CCCCCCCCCC(=O)O[C@@H](CO)COC(=O)CCCCCCC. The van der Waals surface area contributed by atoms with Crippen LogP contribution in [0.3, 0.4) is 0 Å². The zero-order valence-electron chi connectivity index (χ0n) is 17.0. The molecule has 0 saturated heterocycles. The molecule has 0 rings (SSSR count). The van der Waals surface area contributed by atoms with Crippen molar-refractivity contribution in [3.63, 3.8) is 0 Å². The number of hydrogen-bond acceptors (Lipinski definition) is 5. The lowest BCUT2D eigenvalue weighted by molar-refractivity contribution is -0.161. The van der Waals surface area contributed by atoms with Crippen LogP contribution in [-0.4, -0.2) is 36.4 Å². The van der Waals surface area contributed by atoms with Crippen molar-refractivity contribution >= 4 is 11.9 Å². The van der Waals surface area contributed by atoms with E-state index in [9.17, 15) is 14.7 Å². The van der Waals surface area contributed by atoms with E-state index >= 15 is 0 Å². The van der Waals surface area contributed by atoms with Gasteiger partial charge in [-0.25, -0.2) is 0 Å². The molecule has 0 aromatic carbocycles. The van der Waals surface area contributed by atoms with Crippen molar-refractivity contribution in [2.45, 2.75) is 110 Å². The molecular weight excluding hydrogens is 332 g/mol. The minimum Gasteiger partial charge on any atom is -0.462 e. The Morgan fingerprint density at radius 3 is 1.69 bits per heavy atom. The molecule has 0 aliphatic rings. The third kappa shape index (κ3) is 16.4. The second-order valence-corrected chi connectivity index (χ2v) is 7.01. The van der Waals surface area contributed by atoms with Gasteiger partial charge >= 0.3 is 11.9 Å². The largest absolute Gasteiger partial charge is 0.462 e. The molecule has 0 heterocycles. The quantitative estimate of drug-likeness (QED) is 0.273. The maximum absolute atomic E-state index is 11.8. The van der Waals surface area contributed by atoms with E-state index in [1.54, 1.807) is 0 Å². The Kier molecular flexibility index (Phi) is 17.9. The van der Waals surface area contributed by atoms with Crippen LogP contribution in [0.5, 0.6) is 0 Å². The van der Waals surface area contributed by atoms with Crippen LogP contribution in [0.25, 0.3) is 0 Å². The van der Waals surface area contributed by atoms with Crippen molar-refractivity contribution in [1.82, 2.24) is 0 Å².